The first-order chi connectivity index (χ1) is 12.4. The maximum Gasteiger partial charge on any atom is 0.311 e. The molecule has 0 saturated heterocycles. The Kier molecular flexibility index (Phi) is 5.74. The van der Waals surface area contributed by atoms with Gasteiger partial charge in [0.1, 0.15) is 11.5 Å². The maximum absolute atomic E-state index is 13.8. The van der Waals surface area contributed by atoms with Crippen LogP contribution in [0.15, 0.2) is 41.3 Å². The average Bonchev–Trinajstić information content (AvgIpc) is 2.51. The van der Waals surface area contributed by atoms with Gasteiger partial charge in [-0.25, -0.2) is 12.8 Å². The van der Waals surface area contributed by atoms with Crippen LogP contribution in [0, 0.1) is 11.2 Å². The van der Waals surface area contributed by atoms with Gasteiger partial charge < -0.3 is 10.1 Å². The molecular weight excluding hydrogens is 375 g/mol. The summed E-state index contributed by atoms with van der Waals surface area (Å²) >= 11 is 0. The summed E-state index contributed by atoms with van der Waals surface area (Å²) in [5.41, 5.74) is -1.97. The van der Waals surface area contributed by atoms with Crippen molar-refractivity contribution in [2.24, 2.45) is 5.41 Å². The van der Waals surface area contributed by atoms with Gasteiger partial charge >= 0.3 is 5.97 Å². The fourth-order valence-corrected chi connectivity index (χ4v) is 4.06. The lowest BCUT2D eigenvalue weighted by Gasteiger charge is -2.28. The second kappa shape index (κ2) is 7.51. The number of rotatable bonds is 6. The highest BCUT2D eigenvalue weighted by Gasteiger charge is 2.36. The lowest BCUT2D eigenvalue weighted by molar-refractivity contribution is -0.141. The summed E-state index contributed by atoms with van der Waals surface area (Å²) in [6, 6.07) is 6.73. The van der Waals surface area contributed by atoms with Crippen LogP contribution in [-0.2, 0) is 20.6 Å². The summed E-state index contributed by atoms with van der Waals surface area (Å²) in [6.07, 6.45) is 1.26. The molecule has 0 saturated carbocycles. The van der Waals surface area contributed by atoms with Crippen LogP contribution in [0.1, 0.15) is 37.8 Å². The summed E-state index contributed by atoms with van der Waals surface area (Å²) in [7, 11) is -4.16. The molecular formula is C18H21FN2O5S. The molecule has 7 nitrogen and oxygen atoms in total. The molecule has 0 fully saturated rings. The SMILES string of the molecule is CC(C)(C)C(C(=O)O)c1cc[nH]c(=O)c1NS(=O)(=O)Cc1ccccc1F. The minimum atomic E-state index is -4.16. The molecule has 0 radical (unpaired) electrons. The van der Waals surface area contributed by atoms with Crippen molar-refractivity contribution in [3.8, 4) is 0 Å². The number of halogens is 1. The fourth-order valence-electron chi connectivity index (χ4n) is 2.82. The van der Waals surface area contributed by atoms with Crippen LogP contribution in [0.2, 0.25) is 0 Å². The minimum absolute atomic E-state index is 0.0378. The summed E-state index contributed by atoms with van der Waals surface area (Å²) < 4.78 is 40.9. The Hall–Kier alpha value is -2.68. The Balaban J connectivity index is 2.49. The van der Waals surface area contributed by atoms with Crippen molar-refractivity contribution in [2.75, 3.05) is 4.72 Å². The summed E-state index contributed by atoms with van der Waals surface area (Å²) in [5, 5.41) is 9.61. The van der Waals surface area contributed by atoms with Crippen LogP contribution in [0.25, 0.3) is 0 Å². The number of sulfonamides is 1. The predicted octanol–water partition coefficient (Wildman–Crippen LogP) is 2.67. The molecule has 3 N–H and O–H groups in total. The highest BCUT2D eigenvalue weighted by atomic mass is 32.2. The number of aromatic amines is 1. The number of carbonyl (C=O) groups is 1. The molecule has 0 amide bonds. The van der Waals surface area contributed by atoms with Crippen molar-refractivity contribution in [1.29, 1.82) is 0 Å². The van der Waals surface area contributed by atoms with E-state index in [2.05, 4.69) is 9.71 Å². The number of hydrogen-bond donors (Lipinski definition) is 3. The number of benzene rings is 1. The molecule has 0 spiro atoms. The number of pyridine rings is 1. The van der Waals surface area contributed by atoms with Gasteiger partial charge in [-0.1, -0.05) is 39.0 Å². The Labute approximate surface area is 156 Å². The summed E-state index contributed by atoms with van der Waals surface area (Å²) in [4.78, 5) is 26.3. The molecule has 1 aromatic carbocycles. The zero-order valence-corrected chi connectivity index (χ0v) is 15.9. The molecule has 146 valence electrons. The first-order valence-corrected chi connectivity index (χ1v) is 9.76. The van der Waals surface area contributed by atoms with Crippen LogP contribution in [0.5, 0.6) is 0 Å². The van der Waals surface area contributed by atoms with E-state index in [1.165, 1.54) is 30.5 Å². The molecule has 2 rings (SSSR count). The van der Waals surface area contributed by atoms with Gasteiger partial charge in [0, 0.05) is 11.8 Å². The van der Waals surface area contributed by atoms with Crippen molar-refractivity contribution in [1.82, 2.24) is 4.98 Å². The summed E-state index contributed by atoms with van der Waals surface area (Å²) in [5.74, 6) is -3.71. The van der Waals surface area contributed by atoms with Crippen LogP contribution < -0.4 is 10.3 Å². The molecule has 1 heterocycles. The maximum atomic E-state index is 13.8. The molecule has 0 bridgehead atoms. The van der Waals surface area contributed by atoms with Gasteiger partial charge in [-0.2, -0.15) is 0 Å². The number of hydrogen-bond acceptors (Lipinski definition) is 4. The van der Waals surface area contributed by atoms with Gasteiger partial charge in [0.15, 0.2) is 0 Å². The quantitative estimate of drug-likeness (QED) is 0.694. The smallest absolute Gasteiger partial charge is 0.311 e. The van der Waals surface area contributed by atoms with Crippen LogP contribution >= 0.6 is 0 Å². The first kappa shape index (κ1) is 20.6. The Morgan fingerprint density at radius 2 is 1.89 bits per heavy atom. The largest absolute Gasteiger partial charge is 0.481 e. The predicted molar refractivity (Wildman–Crippen MR) is 99.5 cm³/mol. The van der Waals surface area contributed by atoms with E-state index in [4.69, 9.17) is 0 Å². The average molecular weight is 396 g/mol. The molecule has 0 aliphatic rings. The van der Waals surface area contributed by atoms with Crippen LogP contribution in [0.4, 0.5) is 10.1 Å². The molecule has 27 heavy (non-hydrogen) atoms. The molecule has 9 heteroatoms. The second-order valence-electron chi connectivity index (χ2n) is 7.23. The number of aliphatic carboxylic acids is 1. The van der Waals surface area contributed by atoms with Crippen LogP contribution in [0.3, 0.4) is 0 Å². The minimum Gasteiger partial charge on any atom is -0.481 e. The highest BCUT2D eigenvalue weighted by Crippen LogP contribution is 2.37. The molecule has 2 aromatic rings. The zero-order chi connectivity index (χ0) is 20.4. The summed E-state index contributed by atoms with van der Waals surface area (Å²) in [6.45, 7) is 5.01. The van der Waals surface area contributed by atoms with E-state index >= 15 is 0 Å². The van der Waals surface area contributed by atoms with Gasteiger partial charge in [-0.15, -0.1) is 0 Å². The number of anilines is 1. The Bertz CT molecular complexity index is 1010. The van der Waals surface area contributed by atoms with E-state index in [0.717, 1.165) is 6.07 Å². The van der Waals surface area contributed by atoms with Gasteiger partial charge in [0.25, 0.3) is 5.56 Å². The molecule has 1 atom stereocenters. The third-order valence-electron chi connectivity index (χ3n) is 3.98. The first-order valence-electron chi connectivity index (χ1n) is 8.10. The van der Waals surface area contributed by atoms with E-state index in [0.29, 0.717) is 0 Å². The van der Waals surface area contributed by atoms with Crippen molar-refractivity contribution in [3.63, 3.8) is 0 Å². The standard InChI is InChI=1S/C18H21FN2O5S/c1-18(2,3)14(17(23)24)12-8-9-20-16(22)15(12)21-27(25,26)10-11-6-4-5-7-13(11)19/h4-9,14,21H,10H2,1-3H3,(H,20,22)(H,23,24). The zero-order valence-electron chi connectivity index (χ0n) is 15.1. The van der Waals surface area contributed by atoms with Crippen LogP contribution in [-0.4, -0.2) is 24.5 Å². The van der Waals surface area contributed by atoms with Crippen molar-refractivity contribution >= 4 is 21.7 Å². The molecule has 0 aliphatic heterocycles. The number of carboxylic acid groups (broad SMARTS) is 1. The number of nitrogens with one attached hydrogen (secondary N) is 2. The van der Waals surface area contributed by atoms with Gasteiger partial charge in [0.05, 0.1) is 11.7 Å². The van der Waals surface area contributed by atoms with Gasteiger partial charge in [-0.3, -0.25) is 14.3 Å². The molecule has 0 aliphatic carbocycles. The van der Waals surface area contributed by atoms with E-state index in [1.807, 2.05) is 0 Å². The van der Waals surface area contributed by atoms with E-state index in [-0.39, 0.29) is 16.8 Å². The lowest BCUT2D eigenvalue weighted by Crippen LogP contribution is -2.31. The van der Waals surface area contributed by atoms with E-state index in [9.17, 15) is 27.5 Å². The number of H-pyrrole nitrogens is 1. The second-order valence-corrected chi connectivity index (χ2v) is 8.95. The van der Waals surface area contributed by atoms with Crippen molar-refractivity contribution in [2.45, 2.75) is 32.4 Å². The third kappa shape index (κ3) is 4.94. The van der Waals surface area contributed by atoms with E-state index in [1.54, 1.807) is 20.8 Å². The Morgan fingerprint density at radius 1 is 1.26 bits per heavy atom. The molecule has 1 aromatic heterocycles. The third-order valence-corrected chi connectivity index (χ3v) is 5.18. The van der Waals surface area contributed by atoms with Gasteiger partial charge in [0.2, 0.25) is 10.0 Å². The number of carboxylic acids is 1. The normalized spacial score (nSPS) is 13.2. The van der Waals surface area contributed by atoms with Crippen molar-refractivity contribution < 1.29 is 22.7 Å². The van der Waals surface area contributed by atoms with Crippen molar-refractivity contribution in [3.05, 3.63) is 63.8 Å². The van der Waals surface area contributed by atoms with Gasteiger partial charge in [-0.05, 0) is 23.1 Å². The lowest BCUT2D eigenvalue weighted by atomic mass is 9.76. The van der Waals surface area contributed by atoms with E-state index < -0.39 is 44.5 Å². The molecule has 1 unspecified atom stereocenters. The highest BCUT2D eigenvalue weighted by molar-refractivity contribution is 7.91. The Morgan fingerprint density at radius 3 is 2.44 bits per heavy atom. The fraction of sp³-hybridized carbons (Fsp3) is 0.333. The number of aromatic nitrogens is 1. The monoisotopic (exact) mass is 396 g/mol. The topological polar surface area (TPSA) is 116 Å².